The van der Waals surface area contributed by atoms with Crippen LogP contribution in [0.3, 0.4) is 0 Å². The van der Waals surface area contributed by atoms with Crippen molar-refractivity contribution < 1.29 is 44.9 Å². The number of aliphatic hydroxyl groups is 6. The Morgan fingerprint density at radius 3 is 2.26 bits per heavy atom. The Morgan fingerprint density at radius 2 is 1.79 bits per heavy atom. The molecule has 1 aliphatic heterocycles. The van der Waals surface area contributed by atoms with Crippen molar-refractivity contribution in [2.75, 3.05) is 13.2 Å². The van der Waals surface area contributed by atoms with E-state index in [1.807, 2.05) is 0 Å². The van der Waals surface area contributed by atoms with E-state index in [2.05, 4.69) is 0 Å². The maximum Gasteiger partial charge on any atom is 0.187 e. The monoisotopic (exact) mass is 282 g/mol. The third-order valence-corrected chi connectivity index (χ3v) is 2.84. The quantitative estimate of drug-likeness (QED) is 0.265. The second-order valence-electron chi connectivity index (χ2n) is 4.18. The molecule has 0 bridgehead atoms. The third-order valence-electron chi connectivity index (χ3n) is 2.84. The number of hydrogen-bond acceptors (Lipinski definition) is 9. The lowest BCUT2D eigenvalue weighted by molar-refractivity contribution is -0.312. The molecule has 1 saturated heterocycles. The molecule has 0 aliphatic carbocycles. The molecule has 0 aromatic heterocycles. The van der Waals surface area contributed by atoms with Crippen LogP contribution in [0.1, 0.15) is 0 Å². The minimum absolute atomic E-state index is 0.197. The first-order chi connectivity index (χ1) is 8.96. The van der Waals surface area contributed by atoms with Gasteiger partial charge in [-0.3, -0.25) is 0 Å². The number of carbonyl (C=O) groups is 1. The normalized spacial score (nSPS) is 38.7. The molecule has 0 saturated carbocycles. The average molecular weight is 282 g/mol. The molecular formula is C10H18O9. The Morgan fingerprint density at radius 1 is 1.16 bits per heavy atom. The second-order valence-corrected chi connectivity index (χ2v) is 4.18. The Hall–Kier alpha value is -0.650. The standard InChI is InChI=1S/C10H18O9/c11-1-4(14)5(2-12)18-10-9(17)8(16)7(15)6(3-13)19-10/h2,4-11,13-17H,1,3H2/t4-,5+,6-,7-,8+,9-,10-/m1/s1. The molecule has 1 heterocycles. The van der Waals surface area contributed by atoms with Crippen LogP contribution in [-0.2, 0) is 14.3 Å². The van der Waals surface area contributed by atoms with Crippen molar-refractivity contribution in [3.8, 4) is 0 Å². The van der Waals surface area contributed by atoms with Crippen LogP contribution >= 0.6 is 0 Å². The molecule has 9 heteroatoms. The molecule has 1 rings (SSSR count). The summed E-state index contributed by atoms with van der Waals surface area (Å²) >= 11 is 0. The van der Waals surface area contributed by atoms with Crippen molar-refractivity contribution >= 4 is 6.29 Å². The van der Waals surface area contributed by atoms with E-state index in [-0.39, 0.29) is 6.29 Å². The molecule has 0 aromatic carbocycles. The first-order valence-corrected chi connectivity index (χ1v) is 5.66. The van der Waals surface area contributed by atoms with Gasteiger partial charge in [0.1, 0.15) is 36.6 Å². The average Bonchev–Trinajstić information content (AvgIpc) is 2.43. The molecule has 7 atom stereocenters. The highest BCUT2D eigenvalue weighted by Crippen LogP contribution is 2.23. The van der Waals surface area contributed by atoms with E-state index in [0.717, 1.165) is 0 Å². The Balaban J connectivity index is 2.73. The Labute approximate surface area is 108 Å². The van der Waals surface area contributed by atoms with E-state index >= 15 is 0 Å². The van der Waals surface area contributed by atoms with Gasteiger partial charge in [-0.05, 0) is 0 Å². The zero-order valence-electron chi connectivity index (χ0n) is 9.94. The fourth-order valence-corrected chi connectivity index (χ4v) is 1.65. The van der Waals surface area contributed by atoms with Crippen LogP contribution in [-0.4, -0.2) is 93.1 Å². The highest BCUT2D eigenvalue weighted by atomic mass is 16.7. The molecule has 1 fully saturated rings. The lowest BCUT2D eigenvalue weighted by atomic mass is 9.99. The van der Waals surface area contributed by atoms with Crippen molar-refractivity contribution in [2.24, 2.45) is 0 Å². The summed E-state index contributed by atoms with van der Waals surface area (Å²) in [4.78, 5) is 10.7. The van der Waals surface area contributed by atoms with Crippen LogP contribution < -0.4 is 0 Å². The minimum Gasteiger partial charge on any atom is -0.394 e. The summed E-state index contributed by atoms with van der Waals surface area (Å²) in [6.45, 7) is -1.39. The van der Waals surface area contributed by atoms with Crippen molar-refractivity contribution in [2.45, 2.75) is 42.9 Å². The first kappa shape index (κ1) is 16.4. The van der Waals surface area contributed by atoms with Crippen LogP contribution in [0.25, 0.3) is 0 Å². The highest BCUT2D eigenvalue weighted by Gasteiger charge is 2.45. The van der Waals surface area contributed by atoms with Crippen LogP contribution in [0, 0.1) is 0 Å². The van der Waals surface area contributed by atoms with Crippen molar-refractivity contribution in [3.63, 3.8) is 0 Å². The fourth-order valence-electron chi connectivity index (χ4n) is 1.65. The molecule has 19 heavy (non-hydrogen) atoms. The lowest BCUT2D eigenvalue weighted by Crippen LogP contribution is -2.60. The summed E-state index contributed by atoms with van der Waals surface area (Å²) in [5, 5.41) is 55.5. The van der Waals surface area contributed by atoms with Gasteiger partial charge in [-0.2, -0.15) is 0 Å². The maximum absolute atomic E-state index is 10.7. The van der Waals surface area contributed by atoms with Gasteiger partial charge in [0.15, 0.2) is 12.6 Å². The zero-order chi connectivity index (χ0) is 14.6. The molecule has 0 amide bonds. The number of carbonyl (C=O) groups excluding carboxylic acids is 1. The van der Waals surface area contributed by atoms with Gasteiger partial charge < -0.3 is 44.9 Å². The summed E-state index contributed by atoms with van der Waals surface area (Å²) in [5.41, 5.74) is 0. The Kier molecular flexibility index (Phi) is 6.23. The van der Waals surface area contributed by atoms with Crippen LogP contribution in [0.15, 0.2) is 0 Å². The molecule has 1 aliphatic rings. The van der Waals surface area contributed by atoms with E-state index in [0.29, 0.717) is 0 Å². The smallest absolute Gasteiger partial charge is 0.187 e. The van der Waals surface area contributed by atoms with Gasteiger partial charge in [0.05, 0.1) is 13.2 Å². The van der Waals surface area contributed by atoms with Gasteiger partial charge in [-0.25, -0.2) is 0 Å². The number of aliphatic hydroxyl groups excluding tert-OH is 6. The number of rotatable bonds is 6. The molecule has 112 valence electrons. The van der Waals surface area contributed by atoms with E-state index < -0.39 is 56.1 Å². The zero-order valence-corrected chi connectivity index (χ0v) is 9.94. The van der Waals surface area contributed by atoms with Crippen molar-refractivity contribution in [1.29, 1.82) is 0 Å². The second kappa shape index (κ2) is 7.22. The predicted octanol–water partition coefficient (Wildman–Crippen LogP) is -4.28. The van der Waals surface area contributed by atoms with Gasteiger partial charge in [0.2, 0.25) is 0 Å². The fraction of sp³-hybridized carbons (Fsp3) is 0.900. The number of hydrogen-bond donors (Lipinski definition) is 6. The Bertz CT molecular complexity index is 284. The lowest BCUT2D eigenvalue weighted by Gasteiger charge is -2.40. The highest BCUT2D eigenvalue weighted by molar-refractivity contribution is 5.57. The van der Waals surface area contributed by atoms with Crippen molar-refractivity contribution in [3.05, 3.63) is 0 Å². The van der Waals surface area contributed by atoms with Gasteiger partial charge >= 0.3 is 0 Å². The summed E-state index contributed by atoms with van der Waals surface area (Å²) in [6.07, 6.45) is -10.4. The summed E-state index contributed by atoms with van der Waals surface area (Å²) < 4.78 is 9.90. The number of aldehydes is 1. The topological polar surface area (TPSA) is 157 Å². The van der Waals surface area contributed by atoms with E-state index in [1.165, 1.54) is 0 Å². The third kappa shape index (κ3) is 3.68. The van der Waals surface area contributed by atoms with Crippen LogP contribution in [0.4, 0.5) is 0 Å². The SMILES string of the molecule is O=C[C@H](O[C@@H]1O[C@H](CO)[C@@H](O)[C@H](O)[C@H]1O)[C@H](O)CO. The van der Waals surface area contributed by atoms with E-state index in [4.69, 9.17) is 19.7 Å². The molecule has 9 nitrogen and oxygen atoms in total. The van der Waals surface area contributed by atoms with Crippen molar-refractivity contribution in [1.82, 2.24) is 0 Å². The molecule has 0 radical (unpaired) electrons. The van der Waals surface area contributed by atoms with Gasteiger partial charge in [0, 0.05) is 0 Å². The molecule has 6 N–H and O–H groups in total. The molecule has 0 unspecified atom stereocenters. The number of ether oxygens (including phenoxy) is 2. The predicted molar refractivity (Wildman–Crippen MR) is 57.8 cm³/mol. The largest absolute Gasteiger partial charge is 0.394 e. The van der Waals surface area contributed by atoms with Gasteiger partial charge in [-0.15, -0.1) is 0 Å². The van der Waals surface area contributed by atoms with Gasteiger partial charge in [0.25, 0.3) is 0 Å². The molecule has 0 spiro atoms. The summed E-state index contributed by atoms with van der Waals surface area (Å²) in [6, 6.07) is 0. The van der Waals surface area contributed by atoms with Crippen LogP contribution in [0.2, 0.25) is 0 Å². The van der Waals surface area contributed by atoms with E-state index in [9.17, 15) is 25.2 Å². The van der Waals surface area contributed by atoms with Crippen LogP contribution in [0.5, 0.6) is 0 Å². The van der Waals surface area contributed by atoms with E-state index in [1.54, 1.807) is 0 Å². The first-order valence-electron chi connectivity index (χ1n) is 5.66. The van der Waals surface area contributed by atoms with Gasteiger partial charge in [-0.1, -0.05) is 0 Å². The maximum atomic E-state index is 10.7. The molecule has 0 aromatic rings. The summed E-state index contributed by atoms with van der Waals surface area (Å²) in [7, 11) is 0. The minimum atomic E-state index is -1.67. The molecular weight excluding hydrogens is 264 g/mol. The summed E-state index contributed by atoms with van der Waals surface area (Å²) in [5.74, 6) is 0.